The first kappa shape index (κ1) is 22.6. The van der Waals surface area contributed by atoms with Gasteiger partial charge in [0.2, 0.25) is 5.91 Å². The van der Waals surface area contributed by atoms with Crippen LogP contribution < -0.4 is 25.2 Å². The minimum Gasteiger partial charge on any atom is -0.480 e. The Morgan fingerprint density at radius 1 is 1.17 bits per heavy atom. The number of halogens is 3. The van der Waals surface area contributed by atoms with E-state index in [0.717, 1.165) is 23.3 Å². The van der Waals surface area contributed by atoms with E-state index in [4.69, 9.17) is 9.47 Å². The highest BCUT2D eigenvalue weighted by atomic mass is 31.1. The van der Waals surface area contributed by atoms with E-state index in [1.807, 2.05) is 6.07 Å². The van der Waals surface area contributed by atoms with Gasteiger partial charge in [-0.3, -0.25) is 4.79 Å². The largest absolute Gasteiger partial charge is 0.480 e. The first-order valence-corrected chi connectivity index (χ1v) is 12.1. The lowest BCUT2D eigenvalue weighted by Crippen LogP contribution is -2.26. The summed E-state index contributed by atoms with van der Waals surface area (Å²) < 4.78 is 52.5. The number of aromatic nitrogens is 1. The number of hydrogen-bond acceptors (Lipinski definition) is 5. The standard InChI is InChI=1S/C24H18F3N4O4P/c25-15-3-4-16(21(27)20(15)26)29-23(33)31-36-24-10-14(24)13-9-11(1-5-18(13)35-24)34-17-7-8-28-22-12(17)2-6-19(32)30-22/h1,3-5,7-9,14,36H,2,6,10H2,(H,28,30,32)(H2,29,31,33). The quantitative estimate of drug-likeness (QED) is 0.322. The maximum absolute atomic E-state index is 13.8. The van der Waals surface area contributed by atoms with Crippen molar-refractivity contribution in [3.05, 3.63) is 71.2 Å². The second kappa shape index (κ2) is 8.37. The molecule has 12 heteroatoms. The van der Waals surface area contributed by atoms with Crippen LogP contribution in [0.2, 0.25) is 0 Å². The molecule has 1 fully saturated rings. The van der Waals surface area contributed by atoms with Crippen molar-refractivity contribution in [2.45, 2.75) is 30.5 Å². The van der Waals surface area contributed by atoms with Gasteiger partial charge in [-0.25, -0.2) is 22.9 Å². The number of nitrogens with one attached hydrogen (secondary N) is 3. The van der Waals surface area contributed by atoms with Crippen molar-refractivity contribution >= 4 is 32.2 Å². The van der Waals surface area contributed by atoms with Gasteiger partial charge >= 0.3 is 6.03 Å². The van der Waals surface area contributed by atoms with Gasteiger partial charge in [-0.2, -0.15) is 0 Å². The molecular weight excluding hydrogens is 496 g/mol. The molecule has 1 saturated carbocycles. The molecular formula is C24H18F3N4O4P. The molecule has 1 aliphatic carbocycles. The number of urea groups is 1. The second-order valence-corrected chi connectivity index (χ2v) is 10.0. The summed E-state index contributed by atoms with van der Waals surface area (Å²) in [6, 6.07) is 8.16. The maximum atomic E-state index is 13.8. The summed E-state index contributed by atoms with van der Waals surface area (Å²) in [5.41, 5.74) is 1.32. The third kappa shape index (κ3) is 3.89. The van der Waals surface area contributed by atoms with Crippen molar-refractivity contribution in [3.8, 4) is 17.2 Å². The van der Waals surface area contributed by atoms with Gasteiger partial charge in [-0.1, -0.05) is 0 Å². The summed E-state index contributed by atoms with van der Waals surface area (Å²) >= 11 is 0. The summed E-state index contributed by atoms with van der Waals surface area (Å²) in [7, 11) is -0.159. The third-order valence-electron chi connectivity index (χ3n) is 6.33. The van der Waals surface area contributed by atoms with E-state index in [1.165, 1.54) is 0 Å². The lowest BCUT2D eigenvalue weighted by Gasteiger charge is -2.19. The molecule has 0 spiro atoms. The first-order chi connectivity index (χ1) is 17.3. The Balaban J connectivity index is 1.11. The molecule has 0 saturated heterocycles. The van der Waals surface area contributed by atoms with Gasteiger partial charge in [0, 0.05) is 44.8 Å². The smallest absolute Gasteiger partial charge is 0.322 e. The fourth-order valence-corrected chi connectivity index (χ4v) is 5.64. The van der Waals surface area contributed by atoms with Crippen LogP contribution in [0.3, 0.4) is 0 Å². The number of nitrogens with zero attached hydrogens (tertiary/aromatic N) is 1. The summed E-state index contributed by atoms with van der Waals surface area (Å²) in [6.45, 7) is 0. The zero-order valence-electron chi connectivity index (χ0n) is 18.5. The Labute approximate surface area is 204 Å². The third-order valence-corrected chi connectivity index (χ3v) is 7.76. The number of carbonyl (C=O) groups excluding carboxylic acids is 2. The van der Waals surface area contributed by atoms with Gasteiger partial charge in [0.25, 0.3) is 0 Å². The van der Waals surface area contributed by atoms with Crippen LogP contribution in [0, 0.1) is 17.5 Å². The molecule has 3 N–H and O–H groups in total. The number of rotatable bonds is 5. The summed E-state index contributed by atoms with van der Waals surface area (Å²) in [4.78, 5) is 28.1. The number of hydrogen-bond donors (Lipinski definition) is 3. The maximum Gasteiger partial charge on any atom is 0.322 e. The fraction of sp³-hybridized carbons (Fsp3) is 0.208. The van der Waals surface area contributed by atoms with Crippen LogP contribution in [0.5, 0.6) is 17.2 Å². The van der Waals surface area contributed by atoms with Gasteiger partial charge in [-0.05, 0) is 42.8 Å². The highest BCUT2D eigenvalue weighted by Crippen LogP contribution is 2.69. The van der Waals surface area contributed by atoms with E-state index < -0.39 is 34.5 Å². The molecule has 184 valence electrons. The van der Waals surface area contributed by atoms with Gasteiger partial charge in [-0.15, -0.1) is 0 Å². The summed E-state index contributed by atoms with van der Waals surface area (Å²) in [5, 5.41) is 6.97. The summed E-state index contributed by atoms with van der Waals surface area (Å²) in [5.74, 6) is -2.08. The van der Waals surface area contributed by atoms with E-state index in [0.29, 0.717) is 42.3 Å². The Hall–Kier alpha value is -3.85. The average molecular weight is 514 g/mol. The zero-order valence-corrected chi connectivity index (χ0v) is 19.5. The minimum absolute atomic E-state index is 0.0420. The number of carbonyl (C=O) groups is 2. The van der Waals surface area contributed by atoms with Crippen LogP contribution >= 0.6 is 8.73 Å². The number of fused-ring (bicyclic) bond motifs is 4. The number of ether oxygens (including phenoxy) is 2. The van der Waals surface area contributed by atoms with Crippen molar-refractivity contribution in [2.75, 3.05) is 10.6 Å². The normalized spacial score (nSPS) is 21.2. The predicted molar refractivity (Wildman–Crippen MR) is 125 cm³/mol. The first-order valence-electron chi connectivity index (χ1n) is 11.1. The molecule has 6 rings (SSSR count). The average Bonchev–Trinajstić information content (AvgIpc) is 3.49. The van der Waals surface area contributed by atoms with Crippen molar-refractivity contribution in [3.63, 3.8) is 0 Å². The number of amides is 3. The van der Waals surface area contributed by atoms with E-state index in [-0.39, 0.29) is 20.6 Å². The highest BCUT2D eigenvalue weighted by Gasteiger charge is 2.63. The molecule has 0 bridgehead atoms. The number of anilines is 2. The van der Waals surface area contributed by atoms with Crippen molar-refractivity contribution in [1.29, 1.82) is 0 Å². The lowest BCUT2D eigenvalue weighted by atomic mass is 10.1. The molecule has 3 heterocycles. The predicted octanol–water partition coefficient (Wildman–Crippen LogP) is 5.17. The van der Waals surface area contributed by atoms with E-state index in [2.05, 4.69) is 20.7 Å². The Kier molecular flexibility index (Phi) is 5.26. The minimum atomic E-state index is -1.65. The monoisotopic (exact) mass is 514 g/mol. The topological polar surface area (TPSA) is 102 Å². The molecule has 36 heavy (non-hydrogen) atoms. The molecule has 8 nitrogen and oxygen atoms in total. The Morgan fingerprint density at radius 2 is 2.03 bits per heavy atom. The van der Waals surface area contributed by atoms with Crippen LogP contribution in [0.1, 0.15) is 29.9 Å². The van der Waals surface area contributed by atoms with Crippen LogP contribution in [-0.4, -0.2) is 22.3 Å². The van der Waals surface area contributed by atoms with Crippen LogP contribution in [0.4, 0.5) is 29.5 Å². The highest BCUT2D eigenvalue weighted by molar-refractivity contribution is 7.39. The zero-order chi connectivity index (χ0) is 25.0. The number of benzene rings is 2. The van der Waals surface area contributed by atoms with Crippen LogP contribution in [0.25, 0.3) is 0 Å². The van der Waals surface area contributed by atoms with Crippen molar-refractivity contribution in [2.24, 2.45) is 0 Å². The molecule has 3 aromatic rings. The van der Waals surface area contributed by atoms with E-state index >= 15 is 0 Å². The molecule has 1 aromatic heterocycles. The molecule has 3 atom stereocenters. The Morgan fingerprint density at radius 3 is 2.89 bits per heavy atom. The SMILES string of the molecule is O=C1CCc2c(Oc3ccc4c(c3)C3CC3(PNC(=O)Nc3ccc(F)c(F)c3F)O4)ccnc2N1. The molecule has 0 radical (unpaired) electrons. The van der Waals surface area contributed by atoms with Crippen molar-refractivity contribution < 1.29 is 32.2 Å². The van der Waals surface area contributed by atoms with Gasteiger partial charge in [0.1, 0.15) is 23.1 Å². The van der Waals surface area contributed by atoms with Crippen LogP contribution in [-0.2, 0) is 11.2 Å². The molecule has 3 amide bonds. The fourth-order valence-electron chi connectivity index (χ4n) is 4.45. The molecule has 3 unspecified atom stereocenters. The summed E-state index contributed by atoms with van der Waals surface area (Å²) in [6.07, 6.45) is 3.15. The molecule has 3 aliphatic rings. The lowest BCUT2D eigenvalue weighted by molar-refractivity contribution is -0.116. The van der Waals surface area contributed by atoms with Crippen molar-refractivity contribution in [1.82, 2.24) is 10.1 Å². The Bertz CT molecular complexity index is 1440. The molecule has 2 aromatic carbocycles. The van der Waals surface area contributed by atoms with Gasteiger partial charge in [0.15, 0.2) is 22.8 Å². The molecule has 2 aliphatic heterocycles. The van der Waals surface area contributed by atoms with Gasteiger partial charge in [0.05, 0.1) is 5.69 Å². The number of pyridine rings is 1. The van der Waals surface area contributed by atoms with E-state index in [1.54, 1.807) is 24.4 Å². The second-order valence-electron chi connectivity index (χ2n) is 8.66. The van der Waals surface area contributed by atoms with Crippen LogP contribution in [0.15, 0.2) is 42.6 Å². The van der Waals surface area contributed by atoms with Gasteiger partial charge < -0.3 is 25.2 Å². The van der Waals surface area contributed by atoms with E-state index in [9.17, 15) is 22.8 Å².